The Hall–Kier alpha value is -1.85. The van der Waals surface area contributed by atoms with Crippen LogP contribution in [0.15, 0.2) is 30.3 Å². The molecule has 0 saturated heterocycles. The monoisotopic (exact) mass is 309 g/mol. The molecule has 0 unspecified atom stereocenters. The zero-order valence-electron chi connectivity index (χ0n) is 10.9. The fourth-order valence-electron chi connectivity index (χ4n) is 1.67. The van der Waals surface area contributed by atoms with E-state index >= 15 is 0 Å². The number of esters is 1. The van der Waals surface area contributed by atoms with Crippen molar-refractivity contribution in [2.75, 3.05) is 12.4 Å². The van der Waals surface area contributed by atoms with Crippen LogP contribution >= 0.6 is 22.9 Å². The van der Waals surface area contributed by atoms with Gasteiger partial charge in [0.05, 0.1) is 21.9 Å². The first-order valence-corrected chi connectivity index (χ1v) is 6.96. The number of ether oxygens (including phenoxy) is 1. The van der Waals surface area contributed by atoms with Crippen molar-refractivity contribution in [1.82, 2.24) is 0 Å². The van der Waals surface area contributed by atoms with E-state index in [1.54, 1.807) is 30.3 Å². The maximum atomic E-state index is 12.0. The molecule has 0 aliphatic carbocycles. The number of benzene rings is 1. The quantitative estimate of drug-likeness (QED) is 0.879. The number of anilines is 1. The van der Waals surface area contributed by atoms with Crippen molar-refractivity contribution >= 4 is 40.5 Å². The van der Waals surface area contributed by atoms with Gasteiger partial charge in [-0.2, -0.15) is 0 Å². The van der Waals surface area contributed by atoms with Gasteiger partial charge in [0, 0.05) is 5.69 Å². The molecule has 1 N–H and O–H groups in total. The Bertz CT molecular complexity index is 666. The SMILES string of the molecule is COC(=O)c1ccc(NC(=O)c2ccc(Cl)s2)c(C)c1. The summed E-state index contributed by atoms with van der Waals surface area (Å²) >= 11 is 7.01. The predicted octanol–water partition coefficient (Wildman–Crippen LogP) is 3.75. The first-order chi connectivity index (χ1) is 9.51. The van der Waals surface area contributed by atoms with Crippen molar-refractivity contribution in [3.8, 4) is 0 Å². The number of methoxy groups -OCH3 is 1. The zero-order chi connectivity index (χ0) is 14.7. The van der Waals surface area contributed by atoms with Crippen LogP contribution in [0.1, 0.15) is 25.6 Å². The van der Waals surface area contributed by atoms with Crippen LogP contribution in [-0.4, -0.2) is 19.0 Å². The average molecular weight is 310 g/mol. The Morgan fingerprint density at radius 3 is 2.55 bits per heavy atom. The first-order valence-electron chi connectivity index (χ1n) is 5.77. The maximum absolute atomic E-state index is 12.0. The van der Waals surface area contributed by atoms with Gasteiger partial charge in [-0.3, -0.25) is 4.79 Å². The lowest BCUT2D eigenvalue weighted by molar-refractivity contribution is 0.0600. The summed E-state index contributed by atoms with van der Waals surface area (Å²) in [7, 11) is 1.33. The molecule has 1 aromatic carbocycles. The molecule has 1 heterocycles. The molecule has 0 saturated carbocycles. The van der Waals surface area contributed by atoms with Crippen molar-refractivity contribution < 1.29 is 14.3 Å². The highest BCUT2D eigenvalue weighted by molar-refractivity contribution is 7.18. The third-order valence-electron chi connectivity index (χ3n) is 2.69. The van der Waals surface area contributed by atoms with Gasteiger partial charge in [-0.15, -0.1) is 11.3 Å². The van der Waals surface area contributed by atoms with Crippen LogP contribution in [0.4, 0.5) is 5.69 Å². The van der Waals surface area contributed by atoms with E-state index in [-0.39, 0.29) is 5.91 Å². The molecule has 0 atom stereocenters. The van der Waals surface area contributed by atoms with Crippen LogP contribution in [0.25, 0.3) is 0 Å². The maximum Gasteiger partial charge on any atom is 0.337 e. The lowest BCUT2D eigenvalue weighted by Crippen LogP contribution is -2.11. The van der Waals surface area contributed by atoms with Crippen molar-refractivity contribution in [2.45, 2.75) is 6.92 Å². The molecular weight excluding hydrogens is 298 g/mol. The minimum atomic E-state index is -0.406. The molecule has 0 aliphatic heterocycles. The van der Waals surface area contributed by atoms with Gasteiger partial charge in [-0.05, 0) is 42.8 Å². The summed E-state index contributed by atoms with van der Waals surface area (Å²) in [4.78, 5) is 23.9. The third-order valence-corrected chi connectivity index (χ3v) is 3.92. The van der Waals surface area contributed by atoms with Crippen LogP contribution in [0.3, 0.4) is 0 Å². The van der Waals surface area contributed by atoms with E-state index in [9.17, 15) is 9.59 Å². The van der Waals surface area contributed by atoms with Crippen LogP contribution < -0.4 is 5.32 Å². The Morgan fingerprint density at radius 1 is 1.25 bits per heavy atom. The number of carbonyl (C=O) groups is 2. The van der Waals surface area contributed by atoms with E-state index in [1.807, 2.05) is 6.92 Å². The molecule has 2 aromatic rings. The average Bonchev–Trinajstić information content (AvgIpc) is 2.86. The van der Waals surface area contributed by atoms with Crippen molar-refractivity contribution in [3.05, 3.63) is 50.7 Å². The summed E-state index contributed by atoms with van der Waals surface area (Å²) in [5, 5.41) is 2.78. The molecule has 6 heteroatoms. The van der Waals surface area contributed by atoms with E-state index in [4.69, 9.17) is 11.6 Å². The Balaban J connectivity index is 2.18. The minimum Gasteiger partial charge on any atom is -0.465 e. The summed E-state index contributed by atoms with van der Waals surface area (Å²) in [6.45, 7) is 1.81. The normalized spacial score (nSPS) is 10.2. The molecule has 0 bridgehead atoms. The van der Waals surface area contributed by atoms with Gasteiger partial charge in [0.15, 0.2) is 0 Å². The van der Waals surface area contributed by atoms with Crippen LogP contribution in [-0.2, 0) is 4.74 Å². The fraction of sp³-hybridized carbons (Fsp3) is 0.143. The van der Waals surface area contributed by atoms with Gasteiger partial charge in [-0.25, -0.2) is 4.79 Å². The lowest BCUT2D eigenvalue weighted by atomic mass is 10.1. The molecule has 0 aliphatic rings. The van der Waals surface area contributed by atoms with Gasteiger partial charge in [0.25, 0.3) is 5.91 Å². The van der Waals surface area contributed by atoms with Crippen molar-refractivity contribution in [2.24, 2.45) is 0 Å². The smallest absolute Gasteiger partial charge is 0.337 e. The Labute approximate surface area is 125 Å². The number of hydrogen-bond acceptors (Lipinski definition) is 4. The summed E-state index contributed by atoms with van der Waals surface area (Å²) in [5.74, 6) is -0.633. The second-order valence-corrected chi connectivity index (χ2v) is 5.79. The van der Waals surface area contributed by atoms with Gasteiger partial charge >= 0.3 is 5.97 Å². The molecule has 20 heavy (non-hydrogen) atoms. The number of thiophene rings is 1. The topological polar surface area (TPSA) is 55.4 Å². The predicted molar refractivity (Wildman–Crippen MR) is 79.8 cm³/mol. The molecule has 2 rings (SSSR count). The summed E-state index contributed by atoms with van der Waals surface area (Å²) < 4.78 is 5.21. The molecule has 0 fully saturated rings. The van der Waals surface area contributed by atoms with Crippen molar-refractivity contribution in [3.63, 3.8) is 0 Å². The largest absolute Gasteiger partial charge is 0.465 e. The number of amides is 1. The number of aryl methyl sites for hydroxylation is 1. The second kappa shape index (κ2) is 6.07. The molecule has 1 aromatic heterocycles. The van der Waals surface area contributed by atoms with Crippen LogP contribution in [0.5, 0.6) is 0 Å². The van der Waals surface area contributed by atoms with Crippen LogP contribution in [0, 0.1) is 6.92 Å². The lowest BCUT2D eigenvalue weighted by Gasteiger charge is -2.08. The number of nitrogens with one attached hydrogen (secondary N) is 1. The van der Waals surface area contributed by atoms with Crippen molar-refractivity contribution in [1.29, 1.82) is 0 Å². The molecule has 104 valence electrons. The highest BCUT2D eigenvalue weighted by atomic mass is 35.5. The van der Waals surface area contributed by atoms with E-state index < -0.39 is 5.97 Å². The Kier molecular flexibility index (Phi) is 4.42. The third kappa shape index (κ3) is 3.18. The van der Waals surface area contributed by atoms with Gasteiger partial charge in [-0.1, -0.05) is 11.6 Å². The standard InChI is InChI=1S/C14H12ClNO3S/c1-8-7-9(14(18)19-2)3-4-10(8)16-13(17)11-5-6-12(15)20-11/h3-7H,1-2H3,(H,16,17). The molecule has 0 spiro atoms. The first kappa shape index (κ1) is 14.6. The number of halogens is 1. The zero-order valence-corrected chi connectivity index (χ0v) is 12.5. The molecule has 4 nitrogen and oxygen atoms in total. The molecular formula is C14H12ClNO3S. The molecule has 0 radical (unpaired) electrons. The van der Waals surface area contributed by atoms with E-state index in [1.165, 1.54) is 18.4 Å². The number of hydrogen-bond donors (Lipinski definition) is 1. The highest BCUT2D eigenvalue weighted by Crippen LogP contribution is 2.23. The highest BCUT2D eigenvalue weighted by Gasteiger charge is 2.12. The molecule has 1 amide bonds. The van der Waals surface area contributed by atoms with E-state index in [0.717, 1.165) is 5.56 Å². The van der Waals surface area contributed by atoms with E-state index in [0.29, 0.717) is 20.5 Å². The Morgan fingerprint density at radius 2 is 2.00 bits per heavy atom. The van der Waals surface area contributed by atoms with Gasteiger partial charge in [0.2, 0.25) is 0 Å². The van der Waals surface area contributed by atoms with Gasteiger partial charge in [0.1, 0.15) is 0 Å². The summed E-state index contributed by atoms with van der Waals surface area (Å²) in [6.07, 6.45) is 0. The number of carbonyl (C=O) groups excluding carboxylic acids is 2. The van der Waals surface area contributed by atoms with E-state index in [2.05, 4.69) is 10.1 Å². The summed E-state index contributed by atoms with van der Waals surface area (Å²) in [5.41, 5.74) is 1.87. The number of rotatable bonds is 3. The minimum absolute atomic E-state index is 0.226. The van der Waals surface area contributed by atoms with Crippen LogP contribution in [0.2, 0.25) is 4.34 Å². The van der Waals surface area contributed by atoms with Gasteiger partial charge < -0.3 is 10.1 Å². The second-order valence-electron chi connectivity index (χ2n) is 4.08. The fourth-order valence-corrected chi connectivity index (χ4v) is 2.61. The summed E-state index contributed by atoms with van der Waals surface area (Å²) in [6, 6.07) is 8.29.